The normalized spacial score (nSPS) is 11.6. The van der Waals surface area contributed by atoms with Gasteiger partial charge in [-0.05, 0) is 48.9 Å². The van der Waals surface area contributed by atoms with Gasteiger partial charge < -0.3 is 24.6 Å². The predicted octanol–water partition coefficient (Wildman–Crippen LogP) is 6.41. The van der Waals surface area contributed by atoms with Crippen LogP contribution in [0.25, 0.3) is 21.5 Å². The summed E-state index contributed by atoms with van der Waals surface area (Å²) in [5, 5.41) is 2.64. The van der Waals surface area contributed by atoms with E-state index in [4.69, 9.17) is 19.3 Å². The van der Waals surface area contributed by atoms with Gasteiger partial charge in [0.05, 0.1) is 12.0 Å². The summed E-state index contributed by atoms with van der Waals surface area (Å²) in [4.78, 5) is 28.6. The first-order valence-corrected chi connectivity index (χ1v) is 11.9. The number of nitrogens with zero attached hydrogens (tertiary/aromatic N) is 1. The summed E-state index contributed by atoms with van der Waals surface area (Å²) >= 11 is 0.631. The van der Waals surface area contributed by atoms with Crippen molar-refractivity contribution in [2.45, 2.75) is 19.7 Å². The predicted molar refractivity (Wildman–Crippen MR) is 133 cm³/mol. The standard InChI is InChI=1S/C26H18F3N3O5S/c1-13-5-2-3-6-16(13)36-12-14-8-9-18(37-14)24(34)32-21-20-15(17-7-4-10-35-17)11-19(26(27,28)29)31-25(20)38-22(21)23(30)33/h2-11H,12H2,1H3,(H2,30,33)(H,32,34). The minimum absolute atomic E-state index is 0.0156. The number of aryl methyl sites for hydroxylation is 1. The van der Waals surface area contributed by atoms with E-state index >= 15 is 0 Å². The van der Waals surface area contributed by atoms with Gasteiger partial charge in [0, 0.05) is 10.9 Å². The average Bonchev–Trinajstić information content (AvgIpc) is 3.63. The number of furan rings is 2. The number of hydrogen-bond donors (Lipinski definition) is 2. The Balaban J connectivity index is 1.50. The van der Waals surface area contributed by atoms with E-state index in [0.717, 1.165) is 11.6 Å². The van der Waals surface area contributed by atoms with Gasteiger partial charge in [-0.1, -0.05) is 18.2 Å². The quantitative estimate of drug-likeness (QED) is 0.246. The highest BCUT2D eigenvalue weighted by molar-refractivity contribution is 7.21. The summed E-state index contributed by atoms with van der Waals surface area (Å²) in [6.07, 6.45) is -3.47. The number of hydrogen-bond acceptors (Lipinski definition) is 7. The Hall–Kier alpha value is -4.58. The van der Waals surface area contributed by atoms with E-state index < -0.39 is 23.7 Å². The molecule has 12 heteroatoms. The Morgan fingerprint density at radius 1 is 1.13 bits per heavy atom. The number of amides is 2. The third-order valence-corrected chi connectivity index (χ3v) is 6.65. The van der Waals surface area contributed by atoms with Crippen molar-refractivity contribution in [2.24, 2.45) is 5.73 Å². The van der Waals surface area contributed by atoms with Crippen LogP contribution in [0.15, 0.2) is 69.7 Å². The van der Waals surface area contributed by atoms with Crippen LogP contribution >= 0.6 is 11.3 Å². The number of nitrogens with one attached hydrogen (secondary N) is 1. The van der Waals surface area contributed by atoms with E-state index in [1.807, 2.05) is 25.1 Å². The highest BCUT2D eigenvalue weighted by Crippen LogP contribution is 2.43. The van der Waals surface area contributed by atoms with Crippen LogP contribution in [0.3, 0.4) is 0 Å². The molecule has 0 unspecified atom stereocenters. The molecule has 0 atom stereocenters. The van der Waals surface area contributed by atoms with Gasteiger partial charge >= 0.3 is 6.18 Å². The molecule has 1 aromatic carbocycles. The summed E-state index contributed by atoms with van der Waals surface area (Å²) in [5.74, 6) is -0.713. The number of benzene rings is 1. The number of carbonyl (C=O) groups excluding carboxylic acids is 2. The Labute approximate surface area is 216 Å². The number of thiophene rings is 1. The van der Waals surface area contributed by atoms with Crippen LogP contribution in [-0.2, 0) is 12.8 Å². The van der Waals surface area contributed by atoms with Crippen molar-refractivity contribution in [3.8, 4) is 17.1 Å². The van der Waals surface area contributed by atoms with Crippen molar-refractivity contribution in [2.75, 3.05) is 5.32 Å². The first kappa shape index (κ1) is 25.1. The number of primary amides is 1. The average molecular weight is 542 g/mol. The molecule has 0 spiro atoms. The fraction of sp³-hybridized carbons (Fsp3) is 0.115. The van der Waals surface area contributed by atoms with Crippen molar-refractivity contribution in [1.29, 1.82) is 0 Å². The molecule has 8 nitrogen and oxygen atoms in total. The summed E-state index contributed by atoms with van der Waals surface area (Å²) in [6, 6.07) is 14.1. The molecule has 0 aliphatic heterocycles. The molecule has 0 radical (unpaired) electrons. The minimum Gasteiger partial charge on any atom is -0.485 e. The molecule has 3 N–H and O–H groups in total. The molecular formula is C26H18F3N3O5S. The van der Waals surface area contributed by atoms with Gasteiger partial charge in [0.2, 0.25) is 0 Å². The molecule has 0 saturated carbocycles. The van der Waals surface area contributed by atoms with E-state index in [1.54, 1.807) is 12.1 Å². The zero-order valence-electron chi connectivity index (χ0n) is 19.6. The lowest BCUT2D eigenvalue weighted by Gasteiger charge is -2.10. The second-order valence-electron chi connectivity index (χ2n) is 8.15. The van der Waals surface area contributed by atoms with Crippen LogP contribution in [0.1, 0.15) is 37.2 Å². The van der Waals surface area contributed by atoms with Gasteiger partial charge in [-0.3, -0.25) is 9.59 Å². The highest BCUT2D eigenvalue weighted by atomic mass is 32.1. The lowest BCUT2D eigenvalue weighted by Crippen LogP contribution is -2.16. The Bertz CT molecular complexity index is 1650. The summed E-state index contributed by atoms with van der Waals surface area (Å²) in [7, 11) is 0. The van der Waals surface area contributed by atoms with Crippen molar-refractivity contribution in [3.63, 3.8) is 0 Å². The number of aromatic nitrogens is 1. The number of pyridine rings is 1. The molecule has 5 aromatic rings. The van der Waals surface area contributed by atoms with Crippen LogP contribution in [0.2, 0.25) is 0 Å². The second-order valence-corrected chi connectivity index (χ2v) is 9.15. The number of ether oxygens (including phenoxy) is 1. The molecule has 0 fully saturated rings. The number of anilines is 1. The molecule has 0 aliphatic carbocycles. The number of rotatable bonds is 7. The first-order chi connectivity index (χ1) is 18.1. The number of para-hydroxylation sites is 1. The van der Waals surface area contributed by atoms with Gasteiger partial charge in [-0.15, -0.1) is 11.3 Å². The fourth-order valence-corrected chi connectivity index (χ4v) is 4.79. The van der Waals surface area contributed by atoms with Gasteiger partial charge in [0.1, 0.15) is 39.3 Å². The van der Waals surface area contributed by atoms with Gasteiger partial charge in [-0.2, -0.15) is 13.2 Å². The SMILES string of the molecule is Cc1ccccc1OCc1ccc(C(=O)Nc2c(C(N)=O)sc3nc(C(F)(F)F)cc(-c4ccco4)c23)o1. The summed E-state index contributed by atoms with van der Waals surface area (Å²) in [5.41, 5.74) is 5.14. The van der Waals surface area contributed by atoms with E-state index in [2.05, 4.69) is 10.3 Å². The maximum absolute atomic E-state index is 13.6. The molecule has 4 heterocycles. The fourth-order valence-electron chi connectivity index (χ4n) is 3.78. The number of halogens is 3. The maximum atomic E-state index is 13.6. The molecule has 0 aliphatic rings. The van der Waals surface area contributed by atoms with Gasteiger partial charge in [0.25, 0.3) is 11.8 Å². The highest BCUT2D eigenvalue weighted by Gasteiger charge is 2.35. The molecular weight excluding hydrogens is 523 g/mol. The first-order valence-electron chi connectivity index (χ1n) is 11.1. The van der Waals surface area contributed by atoms with Crippen molar-refractivity contribution in [1.82, 2.24) is 4.98 Å². The van der Waals surface area contributed by atoms with Crippen LogP contribution < -0.4 is 15.8 Å². The van der Waals surface area contributed by atoms with E-state index in [0.29, 0.717) is 22.8 Å². The second kappa shape index (κ2) is 9.71. The Morgan fingerprint density at radius 3 is 2.61 bits per heavy atom. The number of fused-ring (bicyclic) bond motifs is 1. The molecule has 0 bridgehead atoms. The lowest BCUT2D eigenvalue weighted by atomic mass is 10.1. The van der Waals surface area contributed by atoms with Crippen LogP contribution in [-0.4, -0.2) is 16.8 Å². The Morgan fingerprint density at radius 2 is 1.92 bits per heavy atom. The van der Waals surface area contributed by atoms with Crippen molar-refractivity contribution < 1.29 is 36.3 Å². The molecule has 4 aromatic heterocycles. The maximum Gasteiger partial charge on any atom is 0.433 e. The Kier molecular flexibility index (Phi) is 6.41. The number of nitrogens with two attached hydrogens (primary N) is 1. The molecule has 38 heavy (non-hydrogen) atoms. The molecule has 2 amide bonds. The van der Waals surface area contributed by atoms with Crippen LogP contribution in [0, 0.1) is 6.92 Å². The minimum atomic E-state index is -4.76. The van der Waals surface area contributed by atoms with Crippen LogP contribution in [0.5, 0.6) is 5.75 Å². The third-order valence-electron chi connectivity index (χ3n) is 5.55. The molecule has 5 rings (SSSR count). The van der Waals surface area contributed by atoms with E-state index in [1.165, 1.54) is 24.5 Å². The monoisotopic (exact) mass is 541 g/mol. The topological polar surface area (TPSA) is 121 Å². The van der Waals surface area contributed by atoms with Crippen molar-refractivity contribution in [3.05, 3.63) is 88.5 Å². The summed E-state index contributed by atoms with van der Waals surface area (Å²) in [6.45, 7) is 1.94. The number of carbonyl (C=O) groups is 2. The van der Waals surface area contributed by atoms with Gasteiger partial charge in [-0.25, -0.2) is 4.98 Å². The largest absolute Gasteiger partial charge is 0.485 e. The molecule has 0 saturated heterocycles. The van der Waals surface area contributed by atoms with Crippen LogP contribution in [0.4, 0.5) is 18.9 Å². The third kappa shape index (κ3) is 4.85. The lowest BCUT2D eigenvalue weighted by molar-refractivity contribution is -0.140. The number of alkyl halides is 3. The van der Waals surface area contributed by atoms with E-state index in [-0.39, 0.29) is 44.5 Å². The molecule has 194 valence electrons. The summed E-state index contributed by atoms with van der Waals surface area (Å²) < 4.78 is 57.3. The smallest absolute Gasteiger partial charge is 0.433 e. The zero-order valence-corrected chi connectivity index (χ0v) is 20.4. The van der Waals surface area contributed by atoms with E-state index in [9.17, 15) is 22.8 Å². The zero-order chi connectivity index (χ0) is 27.0. The van der Waals surface area contributed by atoms with Crippen molar-refractivity contribution >= 4 is 39.1 Å². The van der Waals surface area contributed by atoms with Gasteiger partial charge in [0.15, 0.2) is 5.76 Å².